The van der Waals surface area contributed by atoms with Crippen LogP contribution >= 0.6 is 0 Å². The SMILES string of the molecule is CS(=O)(=O)CCN1C(=O)CNc2ccccc21. The van der Waals surface area contributed by atoms with E-state index in [0.717, 1.165) is 11.4 Å². The summed E-state index contributed by atoms with van der Waals surface area (Å²) in [5.41, 5.74) is 1.60. The molecule has 1 heterocycles. The second kappa shape index (κ2) is 4.37. The van der Waals surface area contributed by atoms with E-state index in [9.17, 15) is 13.2 Å². The lowest BCUT2D eigenvalue weighted by Gasteiger charge is -2.29. The summed E-state index contributed by atoms with van der Waals surface area (Å²) in [5, 5.41) is 3.00. The van der Waals surface area contributed by atoms with Gasteiger partial charge in [-0.2, -0.15) is 0 Å². The predicted octanol–water partition coefficient (Wildman–Crippen LogP) is 0.490. The third-order valence-electron chi connectivity index (χ3n) is 2.61. The topological polar surface area (TPSA) is 66.5 Å². The van der Waals surface area contributed by atoms with E-state index >= 15 is 0 Å². The zero-order valence-electron chi connectivity index (χ0n) is 9.51. The van der Waals surface area contributed by atoms with Gasteiger partial charge >= 0.3 is 0 Å². The van der Waals surface area contributed by atoms with Crippen LogP contribution in [-0.2, 0) is 14.6 Å². The Morgan fingerprint density at radius 1 is 1.35 bits per heavy atom. The molecule has 92 valence electrons. The molecule has 0 unspecified atom stereocenters. The maximum absolute atomic E-state index is 11.7. The molecule has 0 fully saturated rings. The predicted molar refractivity (Wildman–Crippen MR) is 67.0 cm³/mol. The van der Waals surface area contributed by atoms with Crippen molar-refractivity contribution in [3.63, 3.8) is 0 Å². The molecule has 0 saturated carbocycles. The van der Waals surface area contributed by atoms with Crippen LogP contribution < -0.4 is 10.2 Å². The first-order valence-electron chi connectivity index (χ1n) is 5.28. The van der Waals surface area contributed by atoms with Crippen LogP contribution in [0.2, 0.25) is 0 Å². The van der Waals surface area contributed by atoms with E-state index in [-0.39, 0.29) is 24.7 Å². The summed E-state index contributed by atoms with van der Waals surface area (Å²) in [4.78, 5) is 13.3. The van der Waals surface area contributed by atoms with Crippen LogP contribution in [0, 0.1) is 0 Å². The van der Waals surface area contributed by atoms with Gasteiger partial charge in [0.05, 0.1) is 23.7 Å². The third-order valence-corrected chi connectivity index (χ3v) is 3.54. The van der Waals surface area contributed by atoms with Gasteiger partial charge in [0.25, 0.3) is 0 Å². The van der Waals surface area contributed by atoms with Crippen molar-refractivity contribution < 1.29 is 13.2 Å². The number of nitrogens with one attached hydrogen (secondary N) is 1. The largest absolute Gasteiger partial charge is 0.374 e. The van der Waals surface area contributed by atoms with Gasteiger partial charge in [0, 0.05) is 12.8 Å². The van der Waals surface area contributed by atoms with Gasteiger partial charge in [-0.15, -0.1) is 0 Å². The molecule has 1 aromatic carbocycles. The molecule has 17 heavy (non-hydrogen) atoms. The fourth-order valence-corrected chi connectivity index (χ4v) is 2.28. The molecule has 0 aromatic heterocycles. The summed E-state index contributed by atoms with van der Waals surface area (Å²) < 4.78 is 22.3. The standard InChI is InChI=1S/C11H14N2O3S/c1-17(15,16)7-6-13-10-5-3-2-4-9(10)12-8-11(13)14/h2-5,12H,6-8H2,1H3. The summed E-state index contributed by atoms with van der Waals surface area (Å²) >= 11 is 0. The summed E-state index contributed by atoms with van der Waals surface area (Å²) in [6.45, 7) is 0.414. The number of anilines is 2. The zero-order chi connectivity index (χ0) is 12.5. The molecule has 0 radical (unpaired) electrons. The highest BCUT2D eigenvalue weighted by Gasteiger charge is 2.23. The monoisotopic (exact) mass is 254 g/mol. The highest BCUT2D eigenvalue weighted by molar-refractivity contribution is 7.90. The number of hydrogen-bond acceptors (Lipinski definition) is 4. The van der Waals surface area contributed by atoms with Crippen LogP contribution in [-0.4, -0.2) is 39.4 Å². The van der Waals surface area contributed by atoms with E-state index in [2.05, 4.69) is 5.32 Å². The molecular weight excluding hydrogens is 240 g/mol. The molecule has 5 nitrogen and oxygen atoms in total. The van der Waals surface area contributed by atoms with Gasteiger partial charge in [-0.3, -0.25) is 4.79 Å². The van der Waals surface area contributed by atoms with E-state index in [0.29, 0.717) is 0 Å². The minimum Gasteiger partial charge on any atom is -0.374 e. The minimum atomic E-state index is -3.06. The Morgan fingerprint density at radius 2 is 2.06 bits per heavy atom. The molecule has 6 heteroatoms. The van der Waals surface area contributed by atoms with Crippen molar-refractivity contribution >= 4 is 27.1 Å². The summed E-state index contributed by atoms with van der Waals surface area (Å²) in [6.07, 6.45) is 1.17. The number of amides is 1. The number of hydrogen-bond donors (Lipinski definition) is 1. The molecule has 1 amide bonds. The van der Waals surface area contributed by atoms with Crippen LogP contribution in [0.15, 0.2) is 24.3 Å². The second-order valence-electron chi connectivity index (χ2n) is 4.05. The van der Waals surface area contributed by atoms with Crippen LogP contribution in [0.25, 0.3) is 0 Å². The Balaban J connectivity index is 2.24. The average Bonchev–Trinajstić information content (AvgIpc) is 2.26. The lowest BCUT2D eigenvalue weighted by atomic mass is 10.2. The summed E-state index contributed by atoms with van der Waals surface area (Å²) in [7, 11) is -3.06. The number of carbonyl (C=O) groups is 1. The Kier molecular flexibility index (Phi) is 3.06. The second-order valence-corrected chi connectivity index (χ2v) is 6.31. The molecule has 0 aliphatic carbocycles. The molecule has 0 saturated heterocycles. The molecular formula is C11H14N2O3S. The van der Waals surface area contributed by atoms with Crippen molar-refractivity contribution in [3.05, 3.63) is 24.3 Å². The Hall–Kier alpha value is -1.56. The number of sulfone groups is 1. The first kappa shape index (κ1) is 11.9. The minimum absolute atomic E-state index is 0.0208. The van der Waals surface area contributed by atoms with E-state index in [1.807, 2.05) is 24.3 Å². The first-order chi connectivity index (χ1) is 7.97. The highest BCUT2D eigenvalue weighted by Crippen LogP contribution is 2.28. The van der Waals surface area contributed by atoms with Crippen molar-refractivity contribution in [1.82, 2.24) is 0 Å². The van der Waals surface area contributed by atoms with Crippen molar-refractivity contribution in [2.75, 3.05) is 35.3 Å². The van der Waals surface area contributed by atoms with E-state index < -0.39 is 9.84 Å². The molecule has 1 aliphatic heterocycles. The maximum atomic E-state index is 11.7. The molecule has 1 N–H and O–H groups in total. The van der Waals surface area contributed by atoms with Crippen molar-refractivity contribution in [3.8, 4) is 0 Å². The zero-order valence-corrected chi connectivity index (χ0v) is 10.3. The van der Waals surface area contributed by atoms with Crippen molar-refractivity contribution in [2.24, 2.45) is 0 Å². The number of rotatable bonds is 3. The number of nitrogens with zero attached hydrogens (tertiary/aromatic N) is 1. The van der Waals surface area contributed by atoms with Crippen LogP contribution in [0.1, 0.15) is 0 Å². The number of fused-ring (bicyclic) bond motifs is 1. The quantitative estimate of drug-likeness (QED) is 0.852. The maximum Gasteiger partial charge on any atom is 0.246 e. The van der Waals surface area contributed by atoms with Gasteiger partial charge in [-0.25, -0.2) is 8.42 Å². The Morgan fingerprint density at radius 3 is 2.76 bits per heavy atom. The average molecular weight is 254 g/mol. The Labute approximate surface area is 100 Å². The third kappa shape index (κ3) is 2.76. The van der Waals surface area contributed by atoms with Gasteiger partial charge in [-0.05, 0) is 12.1 Å². The van der Waals surface area contributed by atoms with E-state index in [4.69, 9.17) is 0 Å². The lowest BCUT2D eigenvalue weighted by molar-refractivity contribution is -0.117. The van der Waals surface area contributed by atoms with Crippen LogP contribution in [0.3, 0.4) is 0 Å². The lowest BCUT2D eigenvalue weighted by Crippen LogP contribution is -2.42. The van der Waals surface area contributed by atoms with Crippen molar-refractivity contribution in [1.29, 1.82) is 0 Å². The summed E-state index contributed by atoms with van der Waals surface area (Å²) in [5.74, 6) is -0.125. The molecule has 1 aromatic rings. The molecule has 0 spiro atoms. The van der Waals surface area contributed by atoms with Gasteiger partial charge < -0.3 is 10.2 Å². The fraction of sp³-hybridized carbons (Fsp3) is 0.364. The van der Waals surface area contributed by atoms with Crippen LogP contribution in [0.5, 0.6) is 0 Å². The fourth-order valence-electron chi connectivity index (χ4n) is 1.76. The molecule has 1 aliphatic rings. The molecule has 2 rings (SSSR count). The van der Waals surface area contributed by atoms with Gasteiger partial charge in [-0.1, -0.05) is 12.1 Å². The van der Waals surface area contributed by atoms with Gasteiger partial charge in [0.15, 0.2) is 0 Å². The van der Waals surface area contributed by atoms with E-state index in [1.165, 1.54) is 11.2 Å². The smallest absolute Gasteiger partial charge is 0.246 e. The normalized spacial score (nSPS) is 15.4. The Bertz CT molecular complexity index is 539. The molecule has 0 atom stereocenters. The number of para-hydroxylation sites is 2. The number of carbonyl (C=O) groups excluding carboxylic acids is 1. The van der Waals surface area contributed by atoms with Crippen molar-refractivity contribution in [2.45, 2.75) is 0 Å². The van der Waals surface area contributed by atoms with Crippen LogP contribution in [0.4, 0.5) is 11.4 Å². The summed E-state index contributed by atoms with van der Waals surface area (Å²) in [6, 6.07) is 7.37. The highest BCUT2D eigenvalue weighted by atomic mass is 32.2. The first-order valence-corrected chi connectivity index (χ1v) is 7.34. The van der Waals surface area contributed by atoms with Gasteiger partial charge in [0.1, 0.15) is 9.84 Å². The van der Waals surface area contributed by atoms with E-state index in [1.54, 1.807) is 0 Å². The number of benzene rings is 1. The van der Waals surface area contributed by atoms with Gasteiger partial charge in [0.2, 0.25) is 5.91 Å². The molecule has 0 bridgehead atoms.